The van der Waals surface area contributed by atoms with Crippen LogP contribution >= 0.6 is 23.2 Å². The number of esters is 1. The van der Waals surface area contributed by atoms with Gasteiger partial charge in [-0.2, -0.15) is 0 Å². The van der Waals surface area contributed by atoms with Gasteiger partial charge in [-0.15, -0.1) is 0 Å². The zero-order chi connectivity index (χ0) is 23.1. The maximum Gasteiger partial charge on any atom is 0.310 e. The zero-order valence-electron chi connectivity index (χ0n) is 17.8. The minimum absolute atomic E-state index is 0.0626. The van der Waals surface area contributed by atoms with Crippen molar-refractivity contribution in [2.45, 2.75) is 18.9 Å². The molecule has 1 aliphatic heterocycles. The molecule has 168 valence electrons. The topological polar surface area (TPSA) is 78.4 Å². The van der Waals surface area contributed by atoms with E-state index in [1.807, 2.05) is 11.4 Å². The molecular weight excluding hydrogens is 453 g/mol. The summed E-state index contributed by atoms with van der Waals surface area (Å²) >= 11 is 12.8. The molecule has 0 saturated heterocycles. The highest BCUT2D eigenvalue weighted by atomic mass is 35.5. The fourth-order valence-electron chi connectivity index (χ4n) is 3.37. The number of allylic oxidation sites excluding steroid dienone is 1. The molecule has 0 aromatic heterocycles. The Hall–Kier alpha value is -2.80. The lowest BCUT2D eigenvalue weighted by Gasteiger charge is -2.22. The van der Waals surface area contributed by atoms with Crippen LogP contribution in [0, 0.1) is 0 Å². The summed E-state index contributed by atoms with van der Waals surface area (Å²) in [6, 6.07) is 12.1. The van der Waals surface area contributed by atoms with Gasteiger partial charge in [-0.25, -0.2) is 0 Å². The molecule has 2 aromatic carbocycles. The van der Waals surface area contributed by atoms with E-state index in [-0.39, 0.29) is 6.42 Å². The smallest absolute Gasteiger partial charge is 0.310 e. The number of hydrogen-bond acceptors (Lipinski definition) is 5. The number of halogens is 2. The summed E-state index contributed by atoms with van der Waals surface area (Å²) in [4.78, 5) is 23.6. The molecule has 0 fully saturated rings. The third-order valence-electron chi connectivity index (χ3n) is 5.08. The minimum atomic E-state index is -0.638. The average molecular weight is 477 g/mol. The number of nitrogens with two attached hydrogens (primary N) is 1. The van der Waals surface area contributed by atoms with E-state index in [0.717, 1.165) is 23.0 Å². The van der Waals surface area contributed by atoms with Crippen LogP contribution in [0.1, 0.15) is 34.0 Å². The maximum absolute atomic E-state index is 12.8. The molecule has 0 unspecified atom stereocenters. The Bertz CT molecular complexity index is 1050. The van der Waals surface area contributed by atoms with Gasteiger partial charge in [0.2, 0.25) is 0 Å². The quantitative estimate of drug-likeness (QED) is 0.438. The predicted molar refractivity (Wildman–Crippen MR) is 122 cm³/mol. The van der Waals surface area contributed by atoms with Gasteiger partial charge in [0.05, 0.1) is 30.7 Å². The Kier molecular flexibility index (Phi) is 8.33. The summed E-state index contributed by atoms with van der Waals surface area (Å²) < 4.78 is 16.6. The molecule has 0 radical (unpaired) electrons. The van der Waals surface area contributed by atoms with E-state index < -0.39 is 12.1 Å². The number of aldehydes is 1. The standard InChI is InChI=1S/C24H23Cl2NO5/c1-30-21-8-7-17(10-23(21)31-2)22(11-18-19(25)12-27-13-20(18)26)32-24(29)9-15-3-5-16(14-28)6-4-15/h3-8,10,12,14,22,27H,9,11,13H2,1-2H3/p+1/t22-/m0/s1. The van der Waals surface area contributed by atoms with Gasteiger partial charge in [0.1, 0.15) is 25.1 Å². The van der Waals surface area contributed by atoms with Crippen molar-refractivity contribution in [3.63, 3.8) is 0 Å². The Morgan fingerprint density at radius 1 is 1.09 bits per heavy atom. The Balaban J connectivity index is 1.86. The molecule has 0 saturated carbocycles. The fourth-order valence-corrected chi connectivity index (χ4v) is 3.97. The van der Waals surface area contributed by atoms with Gasteiger partial charge in [-0.1, -0.05) is 53.5 Å². The molecule has 0 amide bonds. The summed E-state index contributed by atoms with van der Waals surface area (Å²) in [6.45, 7) is 0.572. The zero-order valence-corrected chi connectivity index (χ0v) is 19.3. The van der Waals surface area contributed by atoms with Gasteiger partial charge in [0, 0.05) is 17.6 Å². The lowest BCUT2D eigenvalue weighted by molar-refractivity contribution is -0.580. The van der Waals surface area contributed by atoms with E-state index in [1.54, 1.807) is 56.8 Å². The molecular formula is C24H24Cl2NO5+. The third-order valence-corrected chi connectivity index (χ3v) is 5.82. The Labute approximate surface area is 196 Å². The first kappa shape index (κ1) is 23.9. The number of rotatable bonds is 9. The molecule has 1 aliphatic rings. The number of methoxy groups -OCH3 is 2. The number of carbonyl (C=O) groups excluding carboxylic acids is 2. The molecule has 0 aliphatic carbocycles. The summed E-state index contributed by atoms with van der Waals surface area (Å²) in [7, 11) is 3.10. The number of ether oxygens (including phenoxy) is 3. The van der Waals surface area contributed by atoms with Gasteiger partial charge in [-0.05, 0) is 23.3 Å². The number of hydrogen-bond donors (Lipinski definition) is 1. The molecule has 0 bridgehead atoms. The molecule has 3 rings (SSSR count). The fraction of sp³-hybridized carbons (Fsp3) is 0.250. The second-order valence-corrected chi connectivity index (χ2v) is 8.03. The Morgan fingerprint density at radius 2 is 1.81 bits per heavy atom. The lowest BCUT2D eigenvalue weighted by Crippen LogP contribution is -2.79. The average Bonchev–Trinajstić information content (AvgIpc) is 2.80. The van der Waals surface area contributed by atoms with E-state index in [4.69, 9.17) is 37.4 Å². The number of carbonyl (C=O) groups is 2. The monoisotopic (exact) mass is 476 g/mol. The minimum Gasteiger partial charge on any atom is -0.493 e. The predicted octanol–water partition coefficient (Wildman–Crippen LogP) is 3.88. The highest BCUT2D eigenvalue weighted by Gasteiger charge is 2.25. The SMILES string of the molecule is COc1ccc([C@H](CC2=C(Cl)C[NH2+]C=C2Cl)OC(=O)Cc2ccc(C=O)cc2)cc1OC. The van der Waals surface area contributed by atoms with Crippen LogP contribution in [0.15, 0.2) is 64.3 Å². The normalized spacial score (nSPS) is 14.4. The highest BCUT2D eigenvalue weighted by Crippen LogP contribution is 2.37. The first-order valence-electron chi connectivity index (χ1n) is 9.97. The summed E-state index contributed by atoms with van der Waals surface area (Å²) in [6.07, 6.45) is 2.29. The van der Waals surface area contributed by atoms with Crippen molar-refractivity contribution in [1.82, 2.24) is 0 Å². The van der Waals surface area contributed by atoms with E-state index in [1.165, 1.54) is 0 Å². The second kappa shape index (κ2) is 11.2. The van der Waals surface area contributed by atoms with Crippen molar-refractivity contribution in [2.24, 2.45) is 0 Å². The van der Waals surface area contributed by atoms with Crippen molar-refractivity contribution >= 4 is 35.5 Å². The van der Waals surface area contributed by atoms with Gasteiger partial charge in [0.25, 0.3) is 0 Å². The Morgan fingerprint density at radius 3 is 2.44 bits per heavy atom. The van der Waals surface area contributed by atoms with Crippen molar-refractivity contribution in [2.75, 3.05) is 20.8 Å². The van der Waals surface area contributed by atoms with Crippen LogP contribution in [0.3, 0.4) is 0 Å². The number of benzene rings is 2. The second-order valence-electron chi connectivity index (χ2n) is 7.17. The molecule has 32 heavy (non-hydrogen) atoms. The van der Waals surface area contributed by atoms with Crippen LogP contribution in [-0.4, -0.2) is 33.0 Å². The van der Waals surface area contributed by atoms with Gasteiger partial charge >= 0.3 is 5.97 Å². The van der Waals surface area contributed by atoms with Crippen molar-refractivity contribution in [1.29, 1.82) is 0 Å². The summed E-state index contributed by atoms with van der Waals surface area (Å²) in [5.41, 5.74) is 2.75. The van der Waals surface area contributed by atoms with Crippen LogP contribution in [0.25, 0.3) is 0 Å². The van der Waals surface area contributed by atoms with Crippen molar-refractivity contribution in [3.8, 4) is 11.5 Å². The van der Waals surface area contributed by atoms with Crippen LogP contribution in [0.4, 0.5) is 0 Å². The molecule has 2 N–H and O–H groups in total. The van der Waals surface area contributed by atoms with Crippen LogP contribution < -0.4 is 14.8 Å². The van der Waals surface area contributed by atoms with E-state index in [9.17, 15) is 9.59 Å². The van der Waals surface area contributed by atoms with Crippen molar-refractivity contribution in [3.05, 3.63) is 81.0 Å². The molecule has 1 heterocycles. The van der Waals surface area contributed by atoms with Gasteiger partial charge in [-0.3, -0.25) is 9.59 Å². The highest BCUT2D eigenvalue weighted by molar-refractivity contribution is 6.35. The molecule has 6 nitrogen and oxygen atoms in total. The third kappa shape index (κ3) is 5.91. The van der Waals surface area contributed by atoms with Gasteiger partial charge < -0.3 is 19.5 Å². The molecule has 1 atom stereocenters. The number of quaternary nitrogens is 1. The maximum atomic E-state index is 12.8. The molecule has 2 aromatic rings. The van der Waals surface area contributed by atoms with Crippen LogP contribution in [-0.2, 0) is 16.0 Å². The first-order chi connectivity index (χ1) is 15.4. The largest absolute Gasteiger partial charge is 0.493 e. The molecule has 0 spiro atoms. The van der Waals surface area contributed by atoms with E-state index in [2.05, 4.69) is 0 Å². The van der Waals surface area contributed by atoms with Gasteiger partial charge in [0.15, 0.2) is 11.5 Å². The van der Waals surface area contributed by atoms with Crippen LogP contribution in [0.5, 0.6) is 11.5 Å². The molecule has 8 heteroatoms. The van der Waals surface area contributed by atoms with Crippen LogP contribution in [0.2, 0.25) is 0 Å². The summed E-state index contributed by atoms with van der Waals surface area (Å²) in [5, 5.41) is 3.02. The first-order valence-corrected chi connectivity index (χ1v) is 10.7. The van der Waals surface area contributed by atoms with E-state index in [0.29, 0.717) is 40.1 Å². The van der Waals surface area contributed by atoms with E-state index >= 15 is 0 Å². The lowest BCUT2D eigenvalue weighted by atomic mass is 9.99. The summed E-state index contributed by atoms with van der Waals surface area (Å²) in [5.74, 6) is 0.677. The van der Waals surface area contributed by atoms with Crippen molar-refractivity contribution < 1.29 is 29.1 Å².